The number of fused-ring (bicyclic) bond motifs is 3. The number of amides is 1. The summed E-state index contributed by atoms with van der Waals surface area (Å²) in [4.78, 5) is 29.2. The summed E-state index contributed by atoms with van der Waals surface area (Å²) in [5.74, 6) is -2.87. The van der Waals surface area contributed by atoms with Crippen LogP contribution >= 0.6 is 0 Å². The molecule has 210 valence electrons. The smallest absolute Gasteiger partial charge is 0.324 e. The van der Waals surface area contributed by atoms with Crippen LogP contribution in [-0.4, -0.2) is 45.2 Å². The molecule has 0 spiro atoms. The third-order valence-corrected chi connectivity index (χ3v) is 6.92. The van der Waals surface area contributed by atoms with Gasteiger partial charge in [-0.15, -0.1) is 5.10 Å². The molecule has 5 heterocycles. The predicted octanol–water partition coefficient (Wildman–Crippen LogP) is 4.76. The number of hydrogen-bond acceptors (Lipinski definition) is 7. The van der Waals surface area contributed by atoms with E-state index in [0.717, 1.165) is 24.5 Å². The van der Waals surface area contributed by atoms with Gasteiger partial charge in [0.15, 0.2) is 11.5 Å². The lowest BCUT2D eigenvalue weighted by Gasteiger charge is -2.23. The fraction of sp³-hybridized carbons (Fsp3) is 0.240. The van der Waals surface area contributed by atoms with E-state index in [0.29, 0.717) is 4.68 Å². The van der Waals surface area contributed by atoms with E-state index in [4.69, 9.17) is 0 Å². The molecule has 1 amide bonds. The molecule has 2 atom stereocenters. The van der Waals surface area contributed by atoms with Crippen LogP contribution in [0.1, 0.15) is 48.3 Å². The fourth-order valence-electron chi connectivity index (χ4n) is 5.12. The molecule has 0 bridgehead atoms. The molecule has 41 heavy (non-hydrogen) atoms. The minimum absolute atomic E-state index is 0.0494. The monoisotopic (exact) mass is 573 g/mol. The van der Waals surface area contributed by atoms with E-state index >= 15 is 0 Å². The molecule has 0 saturated carbocycles. The summed E-state index contributed by atoms with van der Waals surface area (Å²) in [5, 5.41) is 10.3. The van der Waals surface area contributed by atoms with Gasteiger partial charge in [-0.25, -0.2) is 24.1 Å². The van der Waals surface area contributed by atoms with Gasteiger partial charge in [0, 0.05) is 36.4 Å². The third kappa shape index (κ3) is 4.44. The lowest BCUT2D eigenvalue weighted by atomic mass is 9.82. The quantitative estimate of drug-likeness (QED) is 0.302. The van der Waals surface area contributed by atoms with Crippen molar-refractivity contribution in [2.45, 2.75) is 37.4 Å². The molecule has 0 unspecified atom stereocenters. The van der Waals surface area contributed by atoms with E-state index in [1.54, 1.807) is 6.92 Å². The molecule has 16 heteroatoms. The van der Waals surface area contributed by atoms with E-state index in [9.17, 15) is 31.1 Å². The molecule has 0 aliphatic heterocycles. The first-order valence-electron chi connectivity index (χ1n) is 12.0. The Labute approximate surface area is 226 Å². The normalized spacial score (nSPS) is 18.7. The summed E-state index contributed by atoms with van der Waals surface area (Å²) in [5.41, 5.74) is -2.31. The fourth-order valence-corrected chi connectivity index (χ4v) is 5.12. The first kappa shape index (κ1) is 26.3. The Hall–Kier alpha value is -4.89. The molecule has 0 fully saturated rings. The van der Waals surface area contributed by atoms with Crippen LogP contribution in [0.3, 0.4) is 0 Å². The Bertz CT molecular complexity index is 1790. The largest absolute Gasteiger partial charge is 0.418 e. The van der Waals surface area contributed by atoms with Gasteiger partial charge in [-0.2, -0.15) is 31.4 Å². The molecular weight excluding hydrogens is 556 g/mol. The molecule has 0 radical (unpaired) electrons. The lowest BCUT2D eigenvalue weighted by molar-refractivity contribution is -0.137. The van der Waals surface area contributed by atoms with Gasteiger partial charge in [0.05, 0.1) is 40.2 Å². The number of halogens is 6. The van der Waals surface area contributed by atoms with E-state index in [2.05, 4.69) is 35.5 Å². The second kappa shape index (κ2) is 9.35. The zero-order valence-corrected chi connectivity index (χ0v) is 20.8. The summed E-state index contributed by atoms with van der Waals surface area (Å²) in [6.45, 7) is -1.29. The molecular formula is C25H17F6N9O. The number of carbonyl (C=O) groups excluding carboxylic acids is 1. The van der Waals surface area contributed by atoms with Crippen molar-refractivity contribution in [2.75, 3.05) is 5.32 Å². The average Bonchev–Trinajstić information content (AvgIpc) is 3.64. The number of rotatable bonds is 5. The highest BCUT2D eigenvalue weighted by molar-refractivity contribution is 5.97. The van der Waals surface area contributed by atoms with E-state index < -0.39 is 47.2 Å². The minimum Gasteiger partial charge on any atom is -0.324 e. The van der Waals surface area contributed by atoms with Crippen LogP contribution in [0.2, 0.25) is 0 Å². The van der Waals surface area contributed by atoms with Crippen molar-refractivity contribution in [2.24, 2.45) is 0 Å². The van der Waals surface area contributed by atoms with Crippen molar-refractivity contribution in [3.05, 3.63) is 83.7 Å². The van der Waals surface area contributed by atoms with Crippen molar-refractivity contribution in [3.63, 3.8) is 0 Å². The number of nitrogens with one attached hydrogen (secondary N) is 1. The molecule has 6 rings (SSSR count). The Morgan fingerprint density at radius 3 is 2.54 bits per heavy atom. The van der Waals surface area contributed by atoms with Gasteiger partial charge < -0.3 is 5.32 Å². The average molecular weight is 573 g/mol. The highest BCUT2D eigenvalue weighted by Gasteiger charge is 2.49. The Morgan fingerprint density at radius 1 is 1.10 bits per heavy atom. The second-order valence-corrected chi connectivity index (χ2v) is 9.53. The first-order chi connectivity index (χ1) is 19.5. The standard InChI is InChI=1S/C25H17F6N9O/c1-24(16-3-6-39(37-16)23(27)28)9-13(14-11-34-18-8-17(26)38-40(18)20(14)24)22(41)36-12-7-15(25(29,30)31)19(35-10-12)21-32-4-2-5-33-21/h2-8,10-11,13,23H,9H2,1H3,(H,36,41)/t13-,24+/m1/s1. The zero-order valence-electron chi connectivity index (χ0n) is 20.8. The maximum atomic E-state index is 14.1. The van der Waals surface area contributed by atoms with Crippen LogP contribution in [0.25, 0.3) is 17.2 Å². The van der Waals surface area contributed by atoms with E-state index in [1.807, 2.05) is 0 Å². The molecule has 1 N–H and O–H groups in total. The first-order valence-corrected chi connectivity index (χ1v) is 12.0. The number of pyridine rings is 1. The van der Waals surface area contributed by atoms with Gasteiger partial charge in [0.25, 0.3) is 0 Å². The minimum atomic E-state index is -4.84. The Morgan fingerprint density at radius 2 is 1.85 bits per heavy atom. The molecule has 0 aromatic carbocycles. The van der Waals surface area contributed by atoms with E-state index in [-0.39, 0.29) is 40.5 Å². The molecule has 10 nitrogen and oxygen atoms in total. The van der Waals surface area contributed by atoms with Crippen LogP contribution in [-0.2, 0) is 16.4 Å². The van der Waals surface area contributed by atoms with Crippen LogP contribution in [0.5, 0.6) is 0 Å². The summed E-state index contributed by atoms with van der Waals surface area (Å²) >= 11 is 0. The van der Waals surface area contributed by atoms with Crippen molar-refractivity contribution in [1.29, 1.82) is 0 Å². The second-order valence-electron chi connectivity index (χ2n) is 9.53. The van der Waals surface area contributed by atoms with Crippen molar-refractivity contribution < 1.29 is 31.1 Å². The van der Waals surface area contributed by atoms with Gasteiger partial charge in [-0.05, 0) is 31.5 Å². The van der Waals surface area contributed by atoms with Crippen molar-refractivity contribution in [1.82, 2.24) is 39.3 Å². The number of aromatic nitrogens is 8. The maximum Gasteiger partial charge on any atom is 0.418 e. The number of anilines is 1. The van der Waals surface area contributed by atoms with Crippen LogP contribution in [0, 0.1) is 5.95 Å². The van der Waals surface area contributed by atoms with Crippen LogP contribution in [0.15, 0.2) is 55.2 Å². The maximum absolute atomic E-state index is 14.1. The van der Waals surface area contributed by atoms with Crippen LogP contribution < -0.4 is 5.32 Å². The van der Waals surface area contributed by atoms with Gasteiger partial charge >= 0.3 is 12.7 Å². The molecule has 5 aromatic heterocycles. The van der Waals surface area contributed by atoms with Gasteiger partial charge in [0.1, 0.15) is 5.69 Å². The Balaban J connectivity index is 1.40. The number of nitrogens with zero attached hydrogens (tertiary/aromatic N) is 8. The van der Waals surface area contributed by atoms with Gasteiger partial charge in [-0.3, -0.25) is 9.78 Å². The number of carbonyl (C=O) groups is 1. The van der Waals surface area contributed by atoms with Crippen molar-refractivity contribution >= 4 is 17.2 Å². The SMILES string of the molecule is C[C@@]1(c2ccn(C(F)F)n2)C[C@@H](C(=O)Nc2cnc(-c3ncccn3)c(C(F)(F)F)c2)c2cnc3cc(F)nn3c21. The third-order valence-electron chi connectivity index (χ3n) is 6.92. The van der Waals surface area contributed by atoms with Gasteiger partial charge in [0.2, 0.25) is 11.9 Å². The highest BCUT2D eigenvalue weighted by Crippen LogP contribution is 2.49. The van der Waals surface area contributed by atoms with Crippen molar-refractivity contribution in [3.8, 4) is 11.5 Å². The molecule has 0 saturated heterocycles. The topological polar surface area (TPSA) is 116 Å². The summed E-state index contributed by atoms with van der Waals surface area (Å²) in [7, 11) is 0. The van der Waals surface area contributed by atoms with E-state index in [1.165, 1.54) is 35.2 Å². The highest BCUT2D eigenvalue weighted by atomic mass is 19.4. The number of alkyl halides is 5. The predicted molar refractivity (Wildman–Crippen MR) is 129 cm³/mol. The molecule has 1 aliphatic rings. The molecule has 1 aliphatic carbocycles. The number of hydrogen-bond donors (Lipinski definition) is 1. The Kier molecular flexibility index (Phi) is 6.00. The van der Waals surface area contributed by atoms with Crippen LogP contribution in [0.4, 0.5) is 32.0 Å². The zero-order chi connectivity index (χ0) is 29.1. The summed E-state index contributed by atoms with van der Waals surface area (Å²) in [6.07, 6.45) is 1.10. The summed E-state index contributed by atoms with van der Waals surface area (Å²) in [6, 6.07) is 4.58. The lowest BCUT2D eigenvalue weighted by Crippen LogP contribution is -2.26. The van der Waals surface area contributed by atoms with Gasteiger partial charge in [-0.1, -0.05) is 0 Å². The molecule has 5 aromatic rings. The summed E-state index contributed by atoms with van der Waals surface area (Å²) < 4.78 is 84.1.